The Kier molecular flexibility index (Phi) is 4.90. The predicted octanol–water partition coefficient (Wildman–Crippen LogP) is 3.96. The summed E-state index contributed by atoms with van der Waals surface area (Å²) >= 11 is 9.39. The molecule has 0 N–H and O–H groups in total. The van der Waals surface area contributed by atoms with E-state index in [-0.39, 0.29) is 11.1 Å². The highest BCUT2D eigenvalue weighted by Crippen LogP contribution is 2.31. The van der Waals surface area contributed by atoms with Crippen LogP contribution in [0.4, 0.5) is 11.6 Å². The van der Waals surface area contributed by atoms with Crippen LogP contribution in [0.2, 0.25) is 5.28 Å². The molecular formula is C14H14BrClN4O. The van der Waals surface area contributed by atoms with Crippen LogP contribution in [0.3, 0.4) is 0 Å². The molecule has 0 saturated heterocycles. The summed E-state index contributed by atoms with van der Waals surface area (Å²) in [6.45, 7) is 5.93. The van der Waals surface area contributed by atoms with Gasteiger partial charge in [0, 0.05) is 16.6 Å². The fourth-order valence-corrected chi connectivity index (χ4v) is 2.71. The summed E-state index contributed by atoms with van der Waals surface area (Å²) in [5, 5.41) is 0.160. The first-order valence-electron chi connectivity index (χ1n) is 6.38. The molecule has 0 atom stereocenters. The molecule has 1 heterocycles. The second-order valence-corrected chi connectivity index (χ2v) is 5.61. The summed E-state index contributed by atoms with van der Waals surface area (Å²) in [6.07, 6.45) is 0. The SMILES string of the molecule is CCN(c1nc(C)nc(Cl)n1)c1ccc(C(C)=O)cc1Br. The number of aryl methyl sites for hydroxylation is 1. The Morgan fingerprint density at radius 2 is 2.05 bits per heavy atom. The number of benzene rings is 1. The molecule has 0 radical (unpaired) electrons. The van der Waals surface area contributed by atoms with Crippen molar-refractivity contribution >= 4 is 44.9 Å². The van der Waals surface area contributed by atoms with E-state index in [2.05, 4.69) is 30.9 Å². The van der Waals surface area contributed by atoms with Gasteiger partial charge < -0.3 is 4.90 Å². The first kappa shape index (κ1) is 15.9. The molecule has 0 amide bonds. The zero-order valence-corrected chi connectivity index (χ0v) is 14.2. The molecule has 2 aromatic rings. The van der Waals surface area contributed by atoms with Crippen molar-refractivity contribution in [3.8, 4) is 0 Å². The lowest BCUT2D eigenvalue weighted by Crippen LogP contribution is -2.20. The van der Waals surface area contributed by atoms with Gasteiger partial charge in [-0.3, -0.25) is 4.79 Å². The van der Waals surface area contributed by atoms with Gasteiger partial charge in [0.2, 0.25) is 11.2 Å². The Morgan fingerprint density at radius 1 is 1.33 bits per heavy atom. The van der Waals surface area contributed by atoms with E-state index in [1.807, 2.05) is 17.9 Å². The predicted molar refractivity (Wildman–Crippen MR) is 86.4 cm³/mol. The fourth-order valence-electron chi connectivity index (χ4n) is 1.92. The van der Waals surface area contributed by atoms with Crippen LogP contribution in [-0.4, -0.2) is 27.3 Å². The second kappa shape index (κ2) is 6.49. The zero-order valence-electron chi connectivity index (χ0n) is 11.9. The van der Waals surface area contributed by atoms with Crippen LogP contribution in [-0.2, 0) is 0 Å². The first-order valence-corrected chi connectivity index (χ1v) is 7.55. The van der Waals surface area contributed by atoms with Gasteiger partial charge in [-0.2, -0.15) is 9.97 Å². The summed E-state index contributed by atoms with van der Waals surface area (Å²) in [4.78, 5) is 25.8. The minimum atomic E-state index is 0.0179. The standard InChI is InChI=1S/C14H14BrClN4O/c1-4-20(14-18-9(3)17-13(16)19-14)12-6-5-10(8(2)21)7-11(12)15/h5-7H,4H2,1-3H3. The Labute approximate surface area is 136 Å². The van der Waals surface area contributed by atoms with Gasteiger partial charge in [0.25, 0.3) is 0 Å². The zero-order chi connectivity index (χ0) is 15.6. The largest absolute Gasteiger partial charge is 0.310 e. The van der Waals surface area contributed by atoms with E-state index >= 15 is 0 Å². The maximum absolute atomic E-state index is 11.4. The lowest BCUT2D eigenvalue weighted by Gasteiger charge is -2.22. The smallest absolute Gasteiger partial charge is 0.234 e. The van der Waals surface area contributed by atoms with E-state index < -0.39 is 0 Å². The van der Waals surface area contributed by atoms with Crippen LogP contribution in [0.25, 0.3) is 0 Å². The van der Waals surface area contributed by atoms with Crippen molar-refractivity contribution in [1.29, 1.82) is 0 Å². The number of nitrogens with zero attached hydrogens (tertiary/aromatic N) is 4. The summed E-state index contributed by atoms with van der Waals surface area (Å²) in [5.74, 6) is 1.05. The average Bonchev–Trinajstić information content (AvgIpc) is 2.40. The normalized spacial score (nSPS) is 10.5. The number of carbonyl (C=O) groups is 1. The molecule has 110 valence electrons. The molecule has 5 nitrogen and oxygen atoms in total. The molecule has 0 aliphatic rings. The molecular weight excluding hydrogens is 356 g/mol. The molecule has 2 rings (SSSR count). The molecule has 0 spiro atoms. The van der Waals surface area contributed by atoms with Gasteiger partial charge in [-0.15, -0.1) is 0 Å². The van der Waals surface area contributed by atoms with Gasteiger partial charge >= 0.3 is 0 Å². The molecule has 0 aliphatic carbocycles. The maximum atomic E-state index is 11.4. The van der Waals surface area contributed by atoms with Gasteiger partial charge in [-0.1, -0.05) is 0 Å². The summed E-state index contributed by atoms with van der Waals surface area (Å²) in [6, 6.07) is 5.42. The summed E-state index contributed by atoms with van der Waals surface area (Å²) in [7, 11) is 0. The van der Waals surface area contributed by atoms with E-state index in [0.29, 0.717) is 23.9 Å². The Bertz CT molecular complexity index is 672. The summed E-state index contributed by atoms with van der Waals surface area (Å²) in [5.41, 5.74) is 1.51. The number of rotatable bonds is 4. The van der Waals surface area contributed by atoms with E-state index in [1.54, 1.807) is 19.1 Å². The number of hydrogen-bond acceptors (Lipinski definition) is 5. The van der Waals surface area contributed by atoms with Crippen molar-refractivity contribution in [3.63, 3.8) is 0 Å². The molecule has 0 unspecified atom stereocenters. The second-order valence-electron chi connectivity index (χ2n) is 4.42. The van der Waals surface area contributed by atoms with Crippen molar-refractivity contribution in [2.24, 2.45) is 0 Å². The van der Waals surface area contributed by atoms with Crippen molar-refractivity contribution in [2.45, 2.75) is 20.8 Å². The third-order valence-corrected chi connectivity index (χ3v) is 3.71. The van der Waals surface area contributed by atoms with E-state index in [0.717, 1.165) is 10.2 Å². The maximum Gasteiger partial charge on any atom is 0.234 e. The highest BCUT2D eigenvalue weighted by atomic mass is 79.9. The molecule has 0 bridgehead atoms. The fraction of sp³-hybridized carbons (Fsp3) is 0.286. The molecule has 0 aliphatic heterocycles. The van der Waals surface area contributed by atoms with Crippen LogP contribution in [0.15, 0.2) is 22.7 Å². The van der Waals surface area contributed by atoms with Crippen LogP contribution in [0, 0.1) is 6.92 Å². The number of Topliss-reactive ketones (excluding diaryl/α,β-unsaturated/α-hetero) is 1. The third kappa shape index (κ3) is 3.57. The van der Waals surface area contributed by atoms with Crippen LogP contribution >= 0.6 is 27.5 Å². The lowest BCUT2D eigenvalue weighted by atomic mass is 10.1. The lowest BCUT2D eigenvalue weighted by molar-refractivity contribution is 0.101. The van der Waals surface area contributed by atoms with Gasteiger partial charge in [0.15, 0.2) is 5.78 Å². The molecule has 0 fully saturated rings. The third-order valence-electron chi connectivity index (χ3n) is 2.91. The number of anilines is 2. The molecule has 1 aromatic carbocycles. The van der Waals surface area contributed by atoms with Crippen LogP contribution < -0.4 is 4.90 Å². The highest BCUT2D eigenvalue weighted by molar-refractivity contribution is 9.10. The number of aromatic nitrogens is 3. The average molecular weight is 370 g/mol. The van der Waals surface area contributed by atoms with Crippen molar-refractivity contribution in [1.82, 2.24) is 15.0 Å². The number of hydrogen-bond donors (Lipinski definition) is 0. The molecule has 7 heteroatoms. The van der Waals surface area contributed by atoms with Gasteiger partial charge in [0.05, 0.1) is 5.69 Å². The van der Waals surface area contributed by atoms with Crippen molar-refractivity contribution in [3.05, 3.63) is 39.3 Å². The molecule has 1 aromatic heterocycles. The minimum Gasteiger partial charge on any atom is -0.310 e. The van der Waals surface area contributed by atoms with E-state index in [9.17, 15) is 4.79 Å². The summed E-state index contributed by atoms with van der Waals surface area (Å²) < 4.78 is 0.797. The van der Waals surface area contributed by atoms with Gasteiger partial charge in [-0.05, 0) is 66.5 Å². The Balaban J connectivity index is 2.48. The van der Waals surface area contributed by atoms with Crippen LogP contribution in [0.5, 0.6) is 0 Å². The quantitative estimate of drug-likeness (QED) is 0.764. The van der Waals surface area contributed by atoms with Crippen molar-refractivity contribution in [2.75, 3.05) is 11.4 Å². The highest BCUT2D eigenvalue weighted by Gasteiger charge is 2.16. The number of carbonyl (C=O) groups excluding carboxylic acids is 1. The molecule has 21 heavy (non-hydrogen) atoms. The number of ketones is 1. The minimum absolute atomic E-state index is 0.0179. The van der Waals surface area contributed by atoms with Crippen molar-refractivity contribution < 1.29 is 4.79 Å². The van der Waals surface area contributed by atoms with E-state index in [4.69, 9.17) is 11.6 Å². The van der Waals surface area contributed by atoms with E-state index in [1.165, 1.54) is 6.92 Å². The Hall–Kier alpha value is -1.53. The van der Waals surface area contributed by atoms with Gasteiger partial charge in [0.1, 0.15) is 5.82 Å². The monoisotopic (exact) mass is 368 g/mol. The first-order chi connectivity index (χ1) is 9.92. The van der Waals surface area contributed by atoms with Crippen LogP contribution in [0.1, 0.15) is 30.0 Å². The molecule has 0 saturated carbocycles. The van der Waals surface area contributed by atoms with Gasteiger partial charge in [-0.25, -0.2) is 4.98 Å². The topological polar surface area (TPSA) is 59.0 Å². The number of halogens is 2. The Morgan fingerprint density at radius 3 is 2.57 bits per heavy atom.